The van der Waals surface area contributed by atoms with E-state index in [1.165, 1.54) is 22.3 Å². The van der Waals surface area contributed by atoms with Crippen molar-refractivity contribution in [1.82, 2.24) is 9.55 Å². The molecule has 0 aliphatic carbocycles. The van der Waals surface area contributed by atoms with Gasteiger partial charge >= 0.3 is 0 Å². The van der Waals surface area contributed by atoms with E-state index < -0.39 is 0 Å². The van der Waals surface area contributed by atoms with Crippen LogP contribution in [-0.2, 0) is 13.2 Å². The summed E-state index contributed by atoms with van der Waals surface area (Å²) in [6.07, 6.45) is 2.00. The molecular weight excluding hydrogens is 420 g/mol. The largest absolute Gasteiger partial charge is 0.493 e. The van der Waals surface area contributed by atoms with Gasteiger partial charge in [0.2, 0.25) is 0 Å². The lowest BCUT2D eigenvalue weighted by Gasteiger charge is -2.16. The molecule has 0 N–H and O–H groups in total. The van der Waals surface area contributed by atoms with Gasteiger partial charge in [-0.2, -0.15) is 0 Å². The van der Waals surface area contributed by atoms with Gasteiger partial charge in [-0.3, -0.25) is 0 Å². The third kappa shape index (κ3) is 5.61. The summed E-state index contributed by atoms with van der Waals surface area (Å²) >= 11 is 0. The average Bonchev–Trinajstić information content (AvgIpc) is 3.16. The number of para-hydroxylation sites is 2. The molecule has 178 valence electrons. The third-order valence-corrected chi connectivity index (χ3v) is 6.25. The minimum absolute atomic E-state index is 0.409. The number of nitrogens with zero attached hydrogens (tertiary/aromatic N) is 2. The van der Waals surface area contributed by atoms with Gasteiger partial charge in [-0.05, 0) is 80.5 Å². The third-order valence-electron chi connectivity index (χ3n) is 6.25. The molecular formula is C30H36N2O2. The molecule has 0 radical (unpaired) electrons. The molecule has 0 fully saturated rings. The monoisotopic (exact) mass is 456 g/mol. The summed E-state index contributed by atoms with van der Waals surface area (Å²) in [5.74, 6) is 3.31. The Hall–Kier alpha value is -3.27. The van der Waals surface area contributed by atoms with E-state index in [0.29, 0.717) is 19.1 Å². The van der Waals surface area contributed by atoms with Crippen LogP contribution in [-0.4, -0.2) is 16.2 Å². The van der Waals surface area contributed by atoms with Crippen LogP contribution in [0.3, 0.4) is 0 Å². The zero-order valence-corrected chi connectivity index (χ0v) is 21.1. The van der Waals surface area contributed by atoms with Crippen LogP contribution in [0.1, 0.15) is 60.7 Å². The predicted molar refractivity (Wildman–Crippen MR) is 140 cm³/mol. The molecule has 1 heterocycles. The van der Waals surface area contributed by atoms with E-state index in [4.69, 9.17) is 14.5 Å². The topological polar surface area (TPSA) is 36.3 Å². The van der Waals surface area contributed by atoms with E-state index in [1.807, 2.05) is 6.07 Å². The highest BCUT2D eigenvalue weighted by atomic mass is 16.5. The summed E-state index contributed by atoms with van der Waals surface area (Å²) in [4.78, 5) is 4.90. The number of ether oxygens (including phenoxy) is 2. The Morgan fingerprint density at radius 2 is 1.59 bits per heavy atom. The van der Waals surface area contributed by atoms with Crippen molar-refractivity contribution in [3.05, 3.63) is 88.7 Å². The van der Waals surface area contributed by atoms with Gasteiger partial charge in [0, 0.05) is 6.54 Å². The van der Waals surface area contributed by atoms with Crippen molar-refractivity contribution in [2.45, 2.75) is 66.5 Å². The molecule has 4 heteroatoms. The smallest absolute Gasteiger partial charge is 0.147 e. The highest BCUT2D eigenvalue weighted by Crippen LogP contribution is 2.29. The van der Waals surface area contributed by atoms with Gasteiger partial charge in [0.1, 0.15) is 23.9 Å². The minimum Gasteiger partial charge on any atom is -0.493 e. The van der Waals surface area contributed by atoms with Crippen molar-refractivity contribution >= 4 is 11.0 Å². The first kappa shape index (κ1) is 23.9. The Kier molecular flexibility index (Phi) is 7.56. The molecule has 0 bridgehead atoms. The zero-order valence-electron chi connectivity index (χ0n) is 21.1. The van der Waals surface area contributed by atoms with Crippen LogP contribution >= 0.6 is 0 Å². The van der Waals surface area contributed by atoms with Gasteiger partial charge < -0.3 is 14.0 Å². The van der Waals surface area contributed by atoms with E-state index in [9.17, 15) is 0 Å². The molecule has 3 aromatic carbocycles. The van der Waals surface area contributed by atoms with Gasteiger partial charge in [-0.15, -0.1) is 0 Å². The lowest BCUT2D eigenvalue weighted by atomic mass is 10.0. The molecule has 0 saturated heterocycles. The zero-order chi connectivity index (χ0) is 24.1. The lowest BCUT2D eigenvalue weighted by molar-refractivity contribution is 0.281. The van der Waals surface area contributed by atoms with Crippen LogP contribution in [0.4, 0.5) is 0 Å². The fourth-order valence-corrected chi connectivity index (χ4v) is 4.39. The summed E-state index contributed by atoms with van der Waals surface area (Å²) in [6.45, 7) is 12.8. The van der Waals surface area contributed by atoms with E-state index in [0.717, 1.165) is 47.7 Å². The maximum atomic E-state index is 6.34. The van der Waals surface area contributed by atoms with Crippen molar-refractivity contribution < 1.29 is 9.47 Å². The second kappa shape index (κ2) is 10.8. The number of unbranched alkanes of at least 4 members (excludes halogenated alkanes) is 1. The van der Waals surface area contributed by atoms with Gasteiger partial charge in [0.25, 0.3) is 0 Å². The molecule has 1 aromatic heterocycles. The first-order valence-corrected chi connectivity index (χ1v) is 12.3. The molecule has 0 amide bonds. The van der Waals surface area contributed by atoms with E-state index in [-0.39, 0.29) is 0 Å². The first-order valence-electron chi connectivity index (χ1n) is 12.3. The highest BCUT2D eigenvalue weighted by Gasteiger charge is 2.13. The molecule has 0 aliphatic rings. The summed E-state index contributed by atoms with van der Waals surface area (Å²) in [5.41, 5.74) is 7.06. The fraction of sp³-hybridized carbons (Fsp3) is 0.367. The van der Waals surface area contributed by atoms with Crippen molar-refractivity contribution in [3.63, 3.8) is 0 Å². The number of aromatic nitrogens is 2. The Balaban J connectivity index is 1.43. The SMILES string of the molecule is Cc1ccc(OCCCCn2c(COc3cc(C)ccc3C(C)C)nc3ccccc32)c(C)c1. The predicted octanol–water partition coefficient (Wildman–Crippen LogP) is 7.52. The van der Waals surface area contributed by atoms with E-state index >= 15 is 0 Å². The second-order valence-electron chi connectivity index (χ2n) is 9.48. The average molecular weight is 457 g/mol. The molecule has 0 saturated carbocycles. The standard InChI is InChI=1S/C30H36N2O2/c1-21(2)25-14-12-23(4)19-29(25)34-20-30-31-26-10-6-7-11-27(26)32(30)16-8-9-17-33-28-15-13-22(3)18-24(28)5/h6-7,10-15,18-19,21H,8-9,16-17,20H2,1-5H3. The van der Waals surface area contributed by atoms with Gasteiger partial charge in [0.05, 0.1) is 17.6 Å². The van der Waals surface area contributed by atoms with Crippen LogP contribution < -0.4 is 9.47 Å². The van der Waals surface area contributed by atoms with Crippen LogP contribution in [0.25, 0.3) is 11.0 Å². The molecule has 34 heavy (non-hydrogen) atoms. The number of imidazole rings is 1. The van der Waals surface area contributed by atoms with Crippen molar-refractivity contribution in [1.29, 1.82) is 0 Å². The van der Waals surface area contributed by atoms with E-state index in [1.54, 1.807) is 0 Å². The number of benzene rings is 3. The van der Waals surface area contributed by atoms with Crippen molar-refractivity contribution in [2.24, 2.45) is 0 Å². The molecule has 4 aromatic rings. The fourth-order valence-electron chi connectivity index (χ4n) is 4.39. The van der Waals surface area contributed by atoms with Crippen LogP contribution in [0, 0.1) is 20.8 Å². The number of rotatable bonds is 10. The molecule has 0 atom stereocenters. The van der Waals surface area contributed by atoms with Crippen LogP contribution in [0.15, 0.2) is 60.7 Å². The minimum atomic E-state index is 0.409. The summed E-state index contributed by atoms with van der Waals surface area (Å²) in [6, 6.07) is 21.1. The van der Waals surface area contributed by atoms with Crippen molar-refractivity contribution in [2.75, 3.05) is 6.61 Å². The first-order chi connectivity index (χ1) is 16.4. The van der Waals surface area contributed by atoms with Crippen LogP contribution in [0.2, 0.25) is 0 Å². The van der Waals surface area contributed by atoms with Gasteiger partial charge in [-0.1, -0.05) is 55.8 Å². The highest BCUT2D eigenvalue weighted by molar-refractivity contribution is 5.75. The molecule has 0 spiro atoms. The van der Waals surface area contributed by atoms with E-state index in [2.05, 4.69) is 93.8 Å². The molecule has 0 unspecified atom stereocenters. The molecule has 4 nitrogen and oxygen atoms in total. The number of fused-ring (bicyclic) bond motifs is 1. The van der Waals surface area contributed by atoms with Gasteiger partial charge in [-0.25, -0.2) is 4.98 Å². The maximum absolute atomic E-state index is 6.34. The summed E-state index contributed by atoms with van der Waals surface area (Å²) in [5, 5.41) is 0. The molecule has 4 rings (SSSR count). The number of hydrogen-bond donors (Lipinski definition) is 0. The Bertz CT molecular complexity index is 1260. The van der Waals surface area contributed by atoms with Crippen molar-refractivity contribution in [3.8, 4) is 11.5 Å². The molecule has 0 aliphatic heterocycles. The number of hydrogen-bond acceptors (Lipinski definition) is 3. The van der Waals surface area contributed by atoms with Gasteiger partial charge in [0.15, 0.2) is 0 Å². The lowest BCUT2D eigenvalue weighted by Crippen LogP contribution is -2.10. The summed E-state index contributed by atoms with van der Waals surface area (Å²) < 4.78 is 14.7. The number of aryl methyl sites for hydroxylation is 4. The quantitative estimate of drug-likeness (QED) is 0.232. The Morgan fingerprint density at radius 3 is 2.38 bits per heavy atom. The van der Waals surface area contributed by atoms with Crippen LogP contribution in [0.5, 0.6) is 11.5 Å². The second-order valence-corrected chi connectivity index (χ2v) is 9.48. The Morgan fingerprint density at radius 1 is 0.824 bits per heavy atom. The summed E-state index contributed by atoms with van der Waals surface area (Å²) in [7, 11) is 0. The normalized spacial score (nSPS) is 11.4. The maximum Gasteiger partial charge on any atom is 0.147 e. The Labute approximate surface area is 203 Å².